The van der Waals surface area contributed by atoms with Crippen LogP contribution in [0.25, 0.3) is 0 Å². The lowest BCUT2D eigenvalue weighted by Gasteiger charge is -2.38. The first-order valence-electron chi connectivity index (χ1n) is 3.64. The van der Waals surface area contributed by atoms with Crippen LogP contribution in [0.5, 0.6) is 0 Å². The Bertz CT molecular complexity index is 155. The van der Waals surface area contributed by atoms with Crippen LogP contribution in [0.3, 0.4) is 0 Å². The zero-order valence-electron chi connectivity index (χ0n) is 6.78. The van der Waals surface area contributed by atoms with Crippen LogP contribution in [0.4, 0.5) is 0 Å². The minimum Gasteiger partial charge on any atom is -0.394 e. The molecule has 6 nitrogen and oxygen atoms in total. The summed E-state index contributed by atoms with van der Waals surface area (Å²) in [6, 6.07) is -1.04. The molecule has 0 bridgehead atoms. The van der Waals surface area contributed by atoms with Crippen LogP contribution in [0, 0.1) is 0 Å². The van der Waals surface area contributed by atoms with Gasteiger partial charge in [-0.2, -0.15) is 0 Å². The van der Waals surface area contributed by atoms with E-state index >= 15 is 0 Å². The van der Waals surface area contributed by atoms with Crippen LogP contribution in [0.2, 0.25) is 0 Å². The number of nitrogens with two attached hydrogens (primary N) is 1. The first-order chi connectivity index (χ1) is 5.57. The molecular formula is C6H14ClNO5. The first kappa shape index (κ1) is 13.1. The van der Waals surface area contributed by atoms with Crippen molar-refractivity contribution in [2.24, 2.45) is 5.73 Å². The van der Waals surface area contributed by atoms with E-state index in [1.54, 1.807) is 0 Å². The Hall–Kier alpha value is 0.0500. The SMILES string of the molecule is Cl.N[13CH]1[13CH](O)O[13CH]([13CH2]O)[13C@@H](O)[13C@H]1O. The summed E-state index contributed by atoms with van der Waals surface area (Å²) in [6.07, 6.45) is -4.85. The molecule has 1 aliphatic rings. The maximum absolute atomic E-state index is 9.20. The van der Waals surface area contributed by atoms with Gasteiger partial charge in [-0.3, -0.25) is 0 Å². The highest BCUT2D eigenvalue weighted by Gasteiger charge is 2.41. The topological polar surface area (TPSA) is 116 Å². The Morgan fingerprint density at radius 3 is 2.15 bits per heavy atom. The molecule has 1 rings (SSSR count). The molecule has 5 atom stereocenters. The maximum Gasteiger partial charge on any atom is 0.173 e. The fourth-order valence-corrected chi connectivity index (χ4v) is 1.12. The van der Waals surface area contributed by atoms with Crippen LogP contribution < -0.4 is 5.73 Å². The van der Waals surface area contributed by atoms with Gasteiger partial charge in [-0.25, -0.2) is 0 Å². The average Bonchev–Trinajstić information content (AvgIpc) is 2.08. The lowest BCUT2D eigenvalue weighted by Crippen LogP contribution is -2.61. The fourth-order valence-electron chi connectivity index (χ4n) is 1.12. The summed E-state index contributed by atoms with van der Waals surface area (Å²) in [5.41, 5.74) is 5.26. The summed E-state index contributed by atoms with van der Waals surface area (Å²) in [4.78, 5) is 0. The second-order valence-electron chi connectivity index (χ2n) is 2.81. The molecule has 0 amide bonds. The Labute approximate surface area is 81.3 Å². The third kappa shape index (κ3) is 2.50. The molecule has 3 unspecified atom stereocenters. The summed E-state index contributed by atoms with van der Waals surface area (Å²) in [6.45, 7) is -0.470. The van der Waals surface area contributed by atoms with Gasteiger partial charge in [-0.05, 0) is 0 Å². The van der Waals surface area contributed by atoms with Crippen molar-refractivity contribution in [3.63, 3.8) is 0 Å². The summed E-state index contributed by atoms with van der Waals surface area (Å²) < 4.78 is 4.70. The number of rotatable bonds is 1. The predicted octanol–water partition coefficient (Wildman–Crippen LogP) is -2.83. The van der Waals surface area contributed by atoms with E-state index in [2.05, 4.69) is 0 Å². The highest BCUT2D eigenvalue weighted by molar-refractivity contribution is 5.85. The number of ether oxygens (including phenoxy) is 1. The summed E-state index contributed by atoms with van der Waals surface area (Å²) in [5.74, 6) is 0. The molecule has 0 saturated carbocycles. The zero-order chi connectivity index (χ0) is 9.30. The standard InChI is InChI=1S/C6H13NO5.ClH/c7-3-5(10)4(9)2(1-8)12-6(3)11;/h2-6,8-11H,1,7H2;1H/t2?,3?,4-,5+,6?;/m1./s1/i1+1,2+1,3+1,4+1,5+1,6+1;. The number of hydrogen-bond acceptors (Lipinski definition) is 6. The molecule has 1 saturated heterocycles. The zero-order valence-corrected chi connectivity index (χ0v) is 7.59. The normalized spacial score (nSPS) is 45.5. The van der Waals surface area contributed by atoms with Gasteiger partial charge >= 0.3 is 0 Å². The highest BCUT2D eigenvalue weighted by Crippen LogP contribution is 2.17. The van der Waals surface area contributed by atoms with E-state index in [9.17, 15) is 10.2 Å². The largest absolute Gasteiger partial charge is 0.394 e. The molecule has 0 aromatic heterocycles. The maximum atomic E-state index is 9.20. The van der Waals surface area contributed by atoms with Crippen LogP contribution in [0.1, 0.15) is 0 Å². The number of aliphatic hydroxyl groups is 4. The van der Waals surface area contributed by atoms with Crippen LogP contribution in [-0.4, -0.2) is 57.7 Å². The van der Waals surface area contributed by atoms with Crippen molar-refractivity contribution in [1.82, 2.24) is 0 Å². The van der Waals surface area contributed by atoms with Gasteiger partial charge in [-0.15, -0.1) is 12.4 Å². The number of halogens is 1. The van der Waals surface area contributed by atoms with E-state index in [0.29, 0.717) is 0 Å². The van der Waals surface area contributed by atoms with Crippen molar-refractivity contribution in [3.05, 3.63) is 0 Å². The molecule has 1 heterocycles. The van der Waals surface area contributed by atoms with Gasteiger partial charge in [0.15, 0.2) is 6.29 Å². The Balaban J connectivity index is 0.00000144. The molecule has 80 valence electrons. The van der Waals surface area contributed by atoms with Crippen LogP contribution in [0.15, 0.2) is 0 Å². The molecule has 0 aliphatic carbocycles. The van der Waals surface area contributed by atoms with Gasteiger partial charge in [-0.1, -0.05) is 0 Å². The van der Waals surface area contributed by atoms with Gasteiger partial charge in [0.25, 0.3) is 0 Å². The van der Waals surface area contributed by atoms with Crippen LogP contribution >= 0.6 is 12.4 Å². The number of hydrogen-bond donors (Lipinski definition) is 5. The van der Waals surface area contributed by atoms with Crippen molar-refractivity contribution in [1.29, 1.82) is 0 Å². The van der Waals surface area contributed by atoms with E-state index in [4.69, 9.17) is 20.7 Å². The lowest BCUT2D eigenvalue weighted by atomic mass is 10.9. The second-order valence-corrected chi connectivity index (χ2v) is 2.81. The average molecular weight is 222 g/mol. The van der Waals surface area contributed by atoms with Crippen molar-refractivity contribution in [3.8, 4) is 0 Å². The van der Waals surface area contributed by atoms with Crippen molar-refractivity contribution in [2.45, 2.75) is 30.6 Å². The summed E-state index contributed by atoms with van der Waals surface area (Å²) >= 11 is 0. The van der Waals surface area contributed by atoms with Crippen LogP contribution in [-0.2, 0) is 4.74 Å². The first-order valence-corrected chi connectivity index (χ1v) is 3.64. The molecule has 1 aliphatic heterocycles. The van der Waals surface area contributed by atoms with Crippen molar-refractivity contribution >= 4 is 12.4 Å². The van der Waals surface area contributed by atoms with E-state index < -0.39 is 37.3 Å². The van der Waals surface area contributed by atoms with E-state index in [-0.39, 0.29) is 12.4 Å². The molecular weight excluding hydrogens is 207 g/mol. The Morgan fingerprint density at radius 1 is 1.15 bits per heavy atom. The monoisotopic (exact) mass is 221 g/mol. The molecule has 1 fully saturated rings. The molecule has 0 aromatic rings. The summed E-state index contributed by atoms with van der Waals surface area (Å²) in [7, 11) is 0. The van der Waals surface area contributed by atoms with E-state index in [1.807, 2.05) is 0 Å². The highest BCUT2D eigenvalue weighted by atomic mass is 35.5. The lowest BCUT2D eigenvalue weighted by molar-refractivity contribution is -0.248. The fraction of sp³-hybridized carbons (Fsp3) is 1.00. The van der Waals surface area contributed by atoms with E-state index in [0.717, 1.165) is 0 Å². The molecule has 7 heteroatoms. The summed E-state index contributed by atoms with van der Waals surface area (Å²) in [5, 5.41) is 36.1. The Kier molecular flexibility index (Phi) is 5.08. The molecule has 6 N–H and O–H groups in total. The second kappa shape index (κ2) is 5.06. The van der Waals surface area contributed by atoms with E-state index in [1.165, 1.54) is 0 Å². The molecule has 0 aromatic carbocycles. The van der Waals surface area contributed by atoms with Gasteiger partial charge in [0.05, 0.1) is 12.6 Å². The molecule has 0 spiro atoms. The van der Waals surface area contributed by atoms with Crippen molar-refractivity contribution < 1.29 is 25.2 Å². The number of aliphatic hydroxyl groups excluding tert-OH is 4. The smallest absolute Gasteiger partial charge is 0.173 e. The molecule has 0 radical (unpaired) electrons. The van der Waals surface area contributed by atoms with Crippen molar-refractivity contribution in [2.75, 3.05) is 6.61 Å². The Morgan fingerprint density at radius 2 is 1.69 bits per heavy atom. The van der Waals surface area contributed by atoms with Gasteiger partial charge in [0.1, 0.15) is 18.3 Å². The van der Waals surface area contributed by atoms with Gasteiger partial charge in [0, 0.05) is 0 Å². The minimum absolute atomic E-state index is 0. The molecule has 13 heavy (non-hydrogen) atoms. The van der Waals surface area contributed by atoms with Gasteiger partial charge in [0.2, 0.25) is 0 Å². The predicted molar refractivity (Wildman–Crippen MR) is 45.2 cm³/mol. The van der Waals surface area contributed by atoms with Gasteiger partial charge < -0.3 is 30.9 Å². The quantitative estimate of drug-likeness (QED) is 0.305. The third-order valence-electron chi connectivity index (χ3n) is 1.95. The third-order valence-corrected chi connectivity index (χ3v) is 1.95. The minimum atomic E-state index is -1.35.